The van der Waals surface area contributed by atoms with Crippen LogP contribution in [0.3, 0.4) is 0 Å². The molecule has 0 aromatic heterocycles. The lowest BCUT2D eigenvalue weighted by Gasteiger charge is -2.31. The molecule has 0 spiro atoms. The van der Waals surface area contributed by atoms with Crippen molar-refractivity contribution in [1.82, 2.24) is 4.90 Å². The number of hydrogen-bond donors (Lipinski definition) is 0. The number of thioether (sulfide) groups is 1. The third-order valence-electron chi connectivity index (χ3n) is 3.39. The van der Waals surface area contributed by atoms with E-state index < -0.39 is 0 Å². The first-order valence-corrected chi connectivity index (χ1v) is 8.39. The van der Waals surface area contributed by atoms with Crippen molar-refractivity contribution in [3.63, 3.8) is 0 Å². The molecule has 0 aliphatic carbocycles. The maximum absolute atomic E-state index is 12.2. The molecule has 98 valence electrons. The van der Waals surface area contributed by atoms with Crippen LogP contribution in [0.4, 0.5) is 0 Å². The molecule has 3 atom stereocenters. The van der Waals surface area contributed by atoms with Crippen LogP contribution in [0.25, 0.3) is 0 Å². The fourth-order valence-corrected chi connectivity index (χ4v) is 3.91. The zero-order valence-corrected chi connectivity index (χ0v) is 12.6. The minimum absolute atomic E-state index is 0.0884. The summed E-state index contributed by atoms with van der Waals surface area (Å²) in [5, 5.41) is 0. The maximum atomic E-state index is 12.2. The van der Waals surface area contributed by atoms with Crippen LogP contribution in [0.2, 0.25) is 0 Å². The maximum Gasteiger partial charge on any atom is 0.236 e. The second-order valence-corrected chi connectivity index (χ2v) is 7.28. The molecule has 0 aromatic carbocycles. The summed E-state index contributed by atoms with van der Waals surface area (Å²) in [7, 11) is 0. The van der Waals surface area contributed by atoms with Gasteiger partial charge >= 0.3 is 0 Å². The van der Waals surface area contributed by atoms with E-state index in [4.69, 9.17) is 4.74 Å². The average Bonchev–Trinajstić information content (AvgIpc) is 2.97. The van der Waals surface area contributed by atoms with Gasteiger partial charge in [0.2, 0.25) is 5.91 Å². The Labute approximate surface area is 116 Å². The zero-order chi connectivity index (χ0) is 12.3. The summed E-state index contributed by atoms with van der Waals surface area (Å²) < 4.78 is 5.66. The van der Waals surface area contributed by atoms with E-state index >= 15 is 0 Å². The lowest BCUT2D eigenvalue weighted by Crippen LogP contribution is -2.47. The lowest BCUT2D eigenvalue weighted by molar-refractivity contribution is -0.133. The number of alkyl halides is 1. The van der Waals surface area contributed by atoms with Crippen molar-refractivity contribution in [2.75, 3.05) is 24.7 Å². The van der Waals surface area contributed by atoms with Crippen LogP contribution in [0.5, 0.6) is 0 Å². The molecule has 5 heteroatoms. The van der Waals surface area contributed by atoms with E-state index in [1.807, 2.05) is 18.7 Å². The van der Waals surface area contributed by atoms with Crippen LogP contribution in [0.15, 0.2) is 0 Å². The number of carbonyl (C=O) groups excluding carboxylic acids is 1. The summed E-state index contributed by atoms with van der Waals surface area (Å²) in [6, 6.07) is 0.414. The molecule has 0 N–H and O–H groups in total. The van der Waals surface area contributed by atoms with Gasteiger partial charge < -0.3 is 9.64 Å². The molecule has 2 fully saturated rings. The van der Waals surface area contributed by atoms with Crippen molar-refractivity contribution in [3.8, 4) is 0 Å². The Hall–Kier alpha value is 0.260. The molecule has 1 amide bonds. The molecule has 3 unspecified atom stereocenters. The standard InChI is InChI=1S/C12H20BrNO2S/c1-9(13)12(15)14(10-4-6-17-8-10)7-11-3-2-5-16-11/h9-11H,2-8H2,1H3. The van der Waals surface area contributed by atoms with Gasteiger partial charge in [-0.1, -0.05) is 15.9 Å². The van der Waals surface area contributed by atoms with Gasteiger partial charge in [-0.05, 0) is 31.9 Å². The van der Waals surface area contributed by atoms with Crippen LogP contribution in [0.1, 0.15) is 26.2 Å². The fraction of sp³-hybridized carbons (Fsp3) is 0.917. The van der Waals surface area contributed by atoms with Crippen LogP contribution in [0, 0.1) is 0 Å². The van der Waals surface area contributed by atoms with Crippen molar-refractivity contribution < 1.29 is 9.53 Å². The van der Waals surface area contributed by atoms with Crippen LogP contribution in [-0.4, -0.2) is 52.4 Å². The Morgan fingerprint density at radius 1 is 1.59 bits per heavy atom. The van der Waals surface area contributed by atoms with Gasteiger partial charge in [0.15, 0.2) is 0 Å². The molecule has 17 heavy (non-hydrogen) atoms. The summed E-state index contributed by atoms with van der Waals surface area (Å²) in [6.07, 6.45) is 3.62. The van der Waals surface area contributed by atoms with E-state index in [1.165, 1.54) is 5.75 Å². The number of ether oxygens (including phenoxy) is 1. The predicted molar refractivity (Wildman–Crippen MR) is 74.8 cm³/mol. The monoisotopic (exact) mass is 321 g/mol. The topological polar surface area (TPSA) is 29.5 Å². The third-order valence-corrected chi connectivity index (χ3v) is 4.93. The molecule has 0 saturated carbocycles. The molecular formula is C12H20BrNO2S. The van der Waals surface area contributed by atoms with Gasteiger partial charge in [-0.3, -0.25) is 4.79 Å². The highest BCUT2D eigenvalue weighted by Gasteiger charge is 2.31. The molecule has 0 aromatic rings. The van der Waals surface area contributed by atoms with E-state index in [0.717, 1.165) is 38.2 Å². The number of rotatable bonds is 4. The van der Waals surface area contributed by atoms with Crippen molar-refractivity contribution in [1.29, 1.82) is 0 Å². The smallest absolute Gasteiger partial charge is 0.236 e. The second kappa shape index (κ2) is 6.43. The van der Waals surface area contributed by atoms with Crippen LogP contribution < -0.4 is 0 Å². The first-order valence-electron chi connectivity index (χ1n) is 6.32. The van der Waals surface area contributed by atoms with Gasteiger partial charge in [0, 0.05) is 24.9 Å². The Morgan fingerprint density at radius 3 is 2.94 bits per heavy atom. The summed E-state index contributed by atoms with van der Waals surface area (Å²) in [5.41, 5.74) is 0. The van der Waals surface area contributed by atoms with Gasteiger partial charge in [-0.15, -0.1) is 0 Å². The molecule has 2 saturated heterocycles. The predicted octanol–water partition coefficient (Wildman–Crippen LogP) is 2.28. The molecular weight excluding hydrogens is 302 g/mol. The zero-order valence-electron chi connectivity index (χ0n) is 10.2. The van der Waals surface area contributed by atoms with E-state index in [0.29, 0.717) is 6.04 Å². The molecule has 2 heterocycles. The van der Waals surface area contributed by atoms with Gasteiger partial charge in [0.1, 0.15) is 0 Å². The van der Waals surface area contributed by atoms with Gasteiger partial charge in [-0.25, -0.2) is 0 Å². The van der Waals surface area contributed by atoms with E-state index in [-0.39, 0.29) is 16.8 Å². The average molecular weight is 322 g/mol. The van der Waals surface area contributed by atoms with Gasteiger partial charge in [0.25, 0.3) is 0 Å². The molecule has 3 nitrogen and oxygen atoms in total. The van der Waals surface area contributed by atoms with E-state index in [9.17, 15) is 4.79 Å². The summed E-state index contributed by atoms with van der Waals surface area (Å²) in [6.45, 7) is 3.54. The van der Waals surface area contributed by atoms with Crippen molar-refractivity contribution in [2.24, 2.45) is 0 Å². The third kappa shape index (κ3) is 3.61. The molecule has 2 aliphatic rings. The minimum Gasteiger partial charge on any atom is -0.376 e. The summed E-state index contributed by atoms with van der Waals surface area (Å²) in [4.78, 5) is 14.2. The van der Waals surface area contributed by atoms with Crippen molar-refractivity contribution in [3.05, 3.63) is 0 Å². The molecule has 0 bridgehead atoms. The Bertz CT molecular complexity index is 263. The van der Waals surface area contributed by atoms with Crippen molar-refractivity contribution >= 4 is 33.6 Å². The number of carbonyl (C=O) groups is 1. The SMILES string of the molecule is CC(Br)C(=O)N(CC1CCCO1)C1CCSC1. The van der Waals surface area contributed by atoms with Crippen LogP contribution >= 0.6 is 27.7 Å². The number of halogens is 1. The first-order chi connectivity index (χ1) is 8.18. The van der Waals surface area contributed by atoms with Gasteiger partial charge in [0.05, 0.1) is 10.9 Å². The summed E-state index contributed by atoms with van der Waals surface area (Å²) >= 11 is 5.35. The Balaban J connectivity index is 1.97. The fourth-order valence-electron chi connectivity index (χ4n) is 2.42. The quantitative estimate of drug-likeness (QED) is 0.744. The summed E-state index contributed by atoms with van der Waals surface area (Å²) in [5.74, 6) is 2.47. The number of nitrogens with zero attached hydrogens (tertiary/aromatic N) is 1. The number of hydrogen-bond acceptors (Lipinski definition) is 3. The first kappa shape index (κ1) is 13.7. The second-order valence-electron chi connectivity index (χ2n) is 4.76. The Morgan fingerprint density at radius 2 is 2.41 bits per heavy atom. The highest BCUT2D eigenvalue weighted by molar-refractivity contribution is 9.10. The largest absolute Gasteiger partial charge is 0.376 e. The molecule has 2 aliphatic heterocycles. The Kier molecular flexibility index (Phi) is 5.18. The number of amides is 1. The van der Waals surface area contributed by atoms with Gasteiger partial charge in [-0.2, -0.15) is 11.8 Å². The minimum atomic E-state index is -0.0884. The normalized spacial score (nSPS) is 30.5. The van der Waals surface area contributed by atoms with E-state index in [2.05, 4.69) is 20.8 Å². The molecule has 2 rings (SSSR count). The van der Waals surface area contributed by atoms with Crippen molar-refractivity contribution in [2.45, 2.75) is 43.2 Å². The lowest BCUT2D eigenvalue weighted by atomic mass is 10.1. The highest BCUT2D eigenvalue weighted by atomic mass is 79.9. The van der Waals surface area contributed by atoms with Crippen LogP contribution in [-0.2, 0) is 9.53 Å². The van der Waals surface area contributed by atoms with E-state index in [1.54, 1.807) is 0 Å². The molecule has 0 radical (unpaired) electrons. The highest BCUT2D eigenvalue weighted by Crippen LogP contribution is 2.25.